The highest BCUT2D eigenvalue weighted by atomic mass is 19.1. The van der Waals surface area contributed by atoms with E-state index in [-0.39, 0.29) is 18.2 Å². The number of aryl methyl sites for hydroxylation is 1. The third kappa shape index (κ3) is 3.51. The van der Waals surface area contributed by atoms with E-state index < -0.39 is 0 Å². The Kier molecular flexibility index (Phi) is 4.46. The zero-order valence-corrected chi connectivity index (χ0v) is 10.9. The van der Waals surface area contributed by atoms with E-state index in [9.17, 15) is 4.39 Å². The van der Waals surface area contributed by atoms with Gasteiger partial charge in [0.05, 0.1) is 0 Å². The van der Waals surface area contributed by atoms with Crippen molar-refractivity contribution in [3.8, 4) is 5.75 Å². The van der Waals surface area contributed by atoms with Crippen LogP contribution in [0.4, 0.5) is 4.39 Å². The lowest BCUT2D eigenvalue weighted by Gasteiger charge is -2.08. The fourth-order valence-electron chi connectivity index (χ4n) is 1.57. The van der Waals surface area contributed by atoms with Gasteiger partial charge in [0, 0.05) is 6.54 Å². The molecule has 6 heteroatoms. The number of rotatable bonds is 6. The largest absolute Gasteiger partial charge is 0.484 e. The van der Waals surface area contributed by atoms with Crippen LogP contribution in [0.15, 0.2) is 22.8 Å². The maximum atomic E-state index is 13.8. The van der Waals surface area contributed by atoms with Crippen molar-refractivity contribution in [1.82, 2.24) is 15.6 Å². The standard InChI is InChI=1S/C13H16FN3O2/c1-3-15-7-10-4-5-13(11(14)6-10)18-8-12-9(2)16-19-17-12/h4-6,15H,3,7-8H2,1-2H3. The van der Waals surface area contributed by atoms with Crippen molar-refractivity contribution in [2.45, 2.75) is 27.0 Å². The van der Waals surface area contributed by atoms with Gasteiger partial charge in [0.1, 0.15) is 18.0 Å². The number of nitrogens with one attached hydrogen (secondary N) is 1. The van der Waals surface area contributed by atoms with Crippen LogP contribution < -0.4 is 10.1 Å². The molecule has 5 nitrogen and oxygen atoms in total. The van der Waals surface area contributed by atoms with Crippen LogP contribution in [0, 0.1) is 12.7 Å². The summed E-state index contributed by atoms with van der Waals surface area (Å²) in [6.07, 6.45) is 0. The average Bonchev–Trinajstić information content (AvgIpc) is 2.81. The lowest BCUT2D eigenvalue weighted by molar-refractivity contribution is 0.262. The van der Waals surface area contributed by atoms with Crippen LogP contribution in [0.2, 0.25) is 0 Å². The molecular formula is C13H16FN3O2. The van der Waals surface area contributed by atoms with Crippen molar-refractivity contribution < 1.29 is 13.8 Å². The molecule has 2 rings (SSSR count). The zero-order chi connectivity index (χ0) is 13.7. The molecule has 1 aromatic heterocycles. The Balaban J connectivity index is 1.99. The summed E-state index contributed by atoms with van der Waals surface area (Å²) in [5.74, 6) is -0.188. The number of aromatic nitrogens is 2. The van der Waals surface area contributed by atoms with Gasteiger partial charge in [-0.2, -0.15) is 0 Å². The van der Waals surface area contributed by atoms with Gasteiger partial charge in [-0.05, 0) is 31.2 Å². The smallest absolute Gasteiger partial charge is 0.165 e. The number of ether oxygens (including phenoxy) is 1. The summed E-state index contributed by atoms with van der Waals surface area (Å²) in [5, 5.41) is 10.4. The lowest BCUT2D eigenvalue weighted by atomic mass is 10.2. The summed E-state index contributed by atoms with van der Waals surface area (Å²) in [4.78, 5) is 0. The molecule has 2 aromatic rings. The number of nitrogens with zero attached hydrogens (tertiary/aromatic N) is 2. The monoisotopic (exact) mass is 265 g/mol. The van der Waals surface area contributed by atoms with Crippen LogP contribution in [-0.2, 0) is 13.2 Å². The quantitative estimate of drug-likeness (QED) is 0.867. The van der Waals surface area contributed by atoms with Gasteiger partial charge in [-0.3, -0.25) is 0 Å². The Hall–Kier alpha value is -1.95. The van der Waals surface area contributed by atoms with Crippen molar-refractivity contribution in [3.63, 3.8) is 0 Å². The molecule has 0 unspecified atom stereocenters. The second-order valence-electron chi connectivity index (χ2n) is 4.13. The van der Waals surface area contributed by atoms with E-state index in [1.165, 1.54) is 6.07 Å². The van der Waals surface area contributed by atoms with Crippen LogP contribution in [0.3, 0.4) is 0 Å². The average molecular weight is 265 g/mol. The van der Waals surface area contributed by atoms with Gasteiger partial charge in [0.2, 0.25) is 0 Å². The first-order chi connectivity index (χ1) is 9.20. The number of benzene rings is 1. The van der Waals surface area contributed by atoms with Gasteiger partial charge in [-0.25, -0.2) is 9.02 Å². The zero-order valence-electron chi connectivity index (χ0n) is 10.9. The first kappa shape index (κ1) is 13.5. The minimum Gasteiger partial charge on any atom is -0.484 e. The second kappa shape index (κ2) is 6.29. The fraction of sp³-hybridized carbons (Fsp3) is 0.385. The van der Waals surface area contributed by atoms with E-state index in [4.69, 9.17) is 4.74 Å². The Morgan fingerprint density at radius 2 is 2.21 bits per heavy atom. The molecule has 1 N–H and O–H groups in total. The number of hydrogen-bond acceptors (Lipinski definition) is 5. The molecule has 0 saturated heterocycles. The van der Waals surface area contributed by atoms with E-state index in [2.05, 4.69) is 20.3 Å². The summed E-state index contributed by atoms with van der Waals surface area (Å²) in [7, 11) is 0. The first-order valence-corrected chi connectivity index (χ1v) is 6.10. The second-order valence-corrected chi connectivity index (χ2v) is 4.13. The van der Waals surface area contributed by atoms with Crippen molar-refractivity contribution in [3.05, 3.63) is 41.0 Å². The van der Waals surface area contributed by atoms with Crippen LogP contribution in [-0.4, -0.2) is 16.9 Å². The Morgan fingerprint density at radius 3 is 2.84 bits per heavy atom. The van der Waals surface area contributed by atoms with Gasteiger partial charge < -0.3 is 10.1 Å². The van der Waals surface area contributed by atoms with E-state index >= 15 is 0 Å². The summed E-state index contributed by atoms with van der Waals surface area (Å²) >= 11 is 0. The SMILES string of the molecule is CCNCc1ccc(OCc2nonc2C)c(F)c1. The summed E-state index contributed by atoms with van der Waals surface area (Å²) < 4.78 is 23.7. The van der Waals surface area contributed by atoms with Crippen molar-refractivity contribution >= 4 is 0 Å². The maximum Gasteiger partial charge on any atom is 0.165 e. The molecule has 0 aliphatic heterocycles. The summed E-state index contributed by atoms with van der Waals surface area (Å²) in [5.41, 5.74) is 2.09. The molecule has 1 heterocycles. The van der Waals surface area contributed by atoms with Gasteiger partial charge in [-0.1, -0.05) is 23.3 Å². The summed E-state index contributed by atoms with van der Waals surface area (Å²) in [6.45, 7) is 5.38. The van der Waals surface area contributed by atoms with Crippen molar-refractivity contribution in [2.75, 3.05) is 6.54 Å². The molecule has 0 radical (unpaired) electrons. The highest BCUT2D eigenvalue weighted by Crippen LogP contribution is 2.19. The maximum absolute atomic E-state index is 13.8. The molecule has 0 amide bonds. The van der Waals surface area contributed by atoms with E-state index in [1.807, 2.05) is 13.0 Å². The minimum absolute atomic E-state index is 0.138. The van der Waals surface area contributed by atoms with Crippen molar-refractivity contribution in [1.29, 1.82) is 0 Å². The molecule has 19 heavy (non-hydrogen) atoms. The van der Waals surface area contributed by atoms with Crippen LogP contribution in [0.25, 0.3) is 0 Å². The number of halogens is 1. The highest BCUT2D eigenvalue weighted by Gasteiger charge is 2.09. The topological polar surface area (TPSA) is 60.2 Å². The highest BCUT2D eigenvalue weighted by molar-refractivity contribution is 5.29. The van der Waals surface area contributed by atoms with Crippen LogP contribution in [0.1, 0.15) is 23.9 Å². The molecule has 0 fully saturated rings. The minimum atomic E-state index is -0.385. The van der Waals surface area contributed by atoms with E-state index in [0.29, 0.717) is 17.9 Å². The van der Waals surface area contributed by atoms with Gasteiger partial charge in [-0.15, -0.1) is 0 Å². The Morgan fingerprint density at radius 1 is 1.37 bits per heavy atom. The van der Waals surface area contributed by atoms with E-state index in [1.54, 1.807) is 13.0 Å². The predicted molar refractivity (Wildman–Crippen MR) is 67.1 cm³/mol. The Labute approximate surface area is 110 Å². The normalized spacial score (nSPS) is 10.7. The molecule has 0 aliphatic rings. The lowest BCUT2D eigenvalue weighted by Crippen LogP contribution is -2.11. The van der Waals surface area contributed by atoms with Gasteiger partial charge in [0.25, 0.3) is 0 Å². The predicted octanol–water partition coefficient (Wildman–Crippen LogP) is 2.21. The molecule has 1 aromatic carbocycles. The van der Waals surface area contributed by atoms with Gasteiger partial charge in [0.15, 0.2) is 11.6 Å². The molecule has 0 aliphatic carbocycles. The molecule has 0 spiro atoms. The Bertz CT molecular complexity index is 542. The number of hydrogen-bond donors (Lipinski definition) is 1. The van der Waals surface area contributed by atoms with Crippen LogP contribution >= 0.6 is 0 Å². The molecule has 0 saturated carbocycles. The molecule has 0 atom stereocenters. The van der Waals surface area contributed by atoms with Crippen molar-refractivity contribution in [2.24, 2.45) is 0 Å². The first-order valence-electron chi connectivity index (χ1n) is 6.10. The third-order valence-corrected chi connectivity index (χ3v) is 2.69. The molecule has 0 bridgehead atoms. The van der Waals surface area contributed by atoms with E-state index in [0.717, 1.165) is 12.1 Å². The summed E-state index contributed by atoms with van der Waals surface area (Å²) in [6, 6.07) is 4.91. The third-order valence-electron chi connectivity index (χ3n) is 2.69. The van der Waals surface area contributed by atoms with Gasteiger partial charge >= 0.3 is 0 Å². The molecular weight excluding hydrogens is 249 g/mol. The van der Waals surface area contributed by atoms with Crippen LogP contribution in [0.5, 0.6) is 5.75 Å². The molecule has 102 valence electrons. The fourth-order valence-corrected chi connectivity index (χ4v) is 1.57.